The smallest absolute Gasteiger partial charge is 0.177 e. The molecule has 126 valence electrons. The van der Waals surface area contributed by atoms with E-state index in [1.165, 1.54) is 12.8 Å². The van der Waals surface area contributed by atoms with E-state index in [9.17, 15) is 0 Å². The molecule has 0 bridgehead atoms. The number of nitrogens with one attached hydrogen (secondary N) is 1. The molecule has 1 N–H and O–H groups in total. The van der Waals surface area contributed by atoms with Crippen LogP contribution in [-0.2, 0) is 6.54 Å². The second kappa shape index (κ2) is 6.73. The molecule has 0 saturated heterocycles. The van der Waals surface area contributed by atoms with Crippen molar-refractivity contribution in [2.75, 3.05) is 0 Å². The average Bonchev–Trinajstić information content (AvgIpc) is 3.32. The summed E-state index contributed by atoms with van der Waals surface area (Å²) in [4.78, 5) is 21.5. The van der Waals surface area contributed by atoms with Crippen molar-refractivity contribution in [3.05, 3.63) is 47.7 Å². The summed E-state index contributed by atoms with van der Waals surface area (Å²) < 4.78 is 2.10. The number of fused-ring (bicyclic) bond motifs is 1. The summed E-state index contributed by atoms with van der Waals surface area (Å²) in [6, 6.07) is 4.26. The van der Waals surface area contributed by atoms with Crippen LogP contribution in [0.3, 0.4) is 0 Å². The maximum Gasteiger partial charge on any atom is 0.177 e. The lowest BCUT2D eigenvalue weighted by atomic mass is 10.3. The van der Waals surface area contributed by atoms with E-state index in [0.717, 1.165) is 28.0 Å². The van der Waals surface area contributed by atoms with Crippen LogP contribution < -0.4 is 5.49 Å². The monoisotopic (exact) mass is 344 g/mol. The summed E-state index contributed by atoms with van der Waals surface area (Å²) in [5, 5.41) is 0. The van der Waals surface area contributed by atoms with Gasteiger partial charge in [0.15, 0.2) is 11.1 Å². The quantitative estimate of drug-likeness (QED) is 0.790. The molecule has 3 aromatic rings. The molecule has 1 aliphatic rings. The van der Waals surface area contributed by atoms with Crippen LogP contribution in [-0.4, -0.2) is 24.5 Å². The summed E-state index contributed by atoms with van der Waals surface area (Å²) in [7, 11) is 0. The Morgan fingerprint density at radius 1 is 1.29 bits per heavy atom. The van der Waals surface area contributed by atoms with Gasteiger partial charge in [-0.25, -0.2) is 9.97 Å². The SMILES string of the molecule is CC(C)n1cnc(=NCc2ccncc2)c2[nH]c(C3CC3)nc21.Cl. The number of hydrogen-bond donors (Lipinski definition) is 1. The Labute approximate surface area is 146 Å². The molecule has 4 rings (SSSR count). The molecule has 0 aromatic carbocycles. The Morgan fingerprint density at radius 2 is 2.04 bits per heavy atom. The van der Waals surface area contributed by atoms with Crippen LogP contribution in [0, 0.1) is 0 Å². The molecule has 7 heteroatoms. The van der Waals surface area contributed by atoms with E-state index in [4.69, 9.17) is 4.98 Å². The zero-order valence-electron chi connectivity index (χ0n) is 13.8. The second-order valence-corrected chi connectivity index (χ2v) is 6.34. The molecule has 0 unspecified atom stereocenters. The van der Waals surface area contributed by atoms with Crippen LogP contribution in [0.2, 0.25) is 0 Å². The van der Waals surface area contributed by atoms with Crippen molar-refractivity contribution < 1.29 is 0 Å². The molecule has 1 aliphatic carbocycles. The van der Waals surface area contributed by atoms with Gasteiger partial charge in [-0.2, -0.15) is 0 Å². The number of hydrogen-bond acceptors (Lipinski definition) is 4. The number of aromatic amines is 1. The highest BCUT2D eigenvalue weighted by Crippen LogP contribution is 2.38. The first-order chi connectivity index (χ1) is 11.2. The van der Waals surface area contributed by atoms with Gasteiger partial charge < -0.3 is 9.55 Å². The van der Waals surface area contributed by atoms with Crippen LogP contribution in [0.4, 0.5) is 0 Å². The molecule has 3 aromatic heterocycles. The Balaban J connectivity index is 0.00000169. The van der Waals surface area contributed by atoms with Crippen LogP contribution in [0.1, 0.15) is 50.0 Å². The third kappa shape index (κ3) is 3.19. The first-order valence-corrected chi connectivity index (χ1v) is 8.08. The van der Waals surface area contributed by atoms with Crippen LogP contribution in [0.25, 0.3) is 11.2 Å². The van der Waals surface area contributed by atoms with Gasteiger partial charge in [0.25, 0.3) is 0 Å². The number of pyridine rings is 1. The van der Waals surface area contributed by atoms with Gasteiger partial charge >= 0.3 is 0 Å². The molecule has 0 radical (unpaired) electrons. The standard InChI is InChI=1S/C17H20N6.ClH/c1-11(2)23-10-20-16(19-9-12-5-7-18-8-6-12)14-17(23)22-15(21-14)13-3-4-13;/h5-8,10-11,13H,3-4,9H2,1-2H3,(H,21,22);1H. The van der Waals surface area contributed by atoms with Crippen molar-refractivity contribution >= 4 is 23.6 Å². The lowest BCUT2D eigenvalue weighted by Gasteiger charge is -2.10. The first-order valence-electron chi connectivity index (χ1n) is 8.08. The number of H-pyrrole nitrogens is 1. The largest absolute Gasteiger partial charge is 0.337 e. The van der Waals surface area contributed by atoms with Crippen molar-refractivity contribution in [3.8, 4) is 0 Å². The third-order valence-electron chi connectivity index (χ3n) is 4.16. The van der Waals surface area contributed by atoms with Crippen molar-refractivity contribution in [2.45, 2.75) is 45.2 Å². The first kappa shape index (κ1) is 16.6. The lowest BCUT2D eigenvalue weighted by molar-refractivity contribution is 0.600. The van der Waals surface area contributed by atoms with E-state index in [-0.39, 0.29) is 12.4 Å². The van der Waals surface area contributed by atoms with E-state index in [1.54, 1.807) is 12.4 Å². The summed E-state index contributed by atoms with van der Waals surface area (Å²) in [6.07, 6.45) is 7.85. The molecular weight excluding hydrogens is 324 g/mol. The zero-order valence-corrected chi connectivity index (χ0v) is 14.6. The maximum atomic E-state index is 4.81. The normalized spacial score (nSPS) is 15.0. The third-order valence-corrected chi connectivity index (χ3v) is 4.16. The summed E-state index contributed by atoms with van der Waals surface area (Å²) in [6.45, 7) is 4.87. The highest BCUT2D eigenvalue weighted by Gasteiger charge is 2.27. The van der Waals surface area contributed by atoms with Crippen LogP contribution in [0.15, 0.2) is 35.8 Å². The van der Waals surface area contributed by atoms with E-state index in [1.807, 2.05) is 18.5 Å². The topological polar surface area (TPSA) is 71.8 Å². The second-order valence-electron chi connectivity index (χ2n) is 6.34. The molecule has 0 atom stereocenters. The van der Waals surface area contributed by atoms with Crippen LogP contribution in [0.5, 0.6) is 0 Å². The minimum atomic E-state index is 0. The molecular formula is C17H21ClN6. The van der Waals surface area contributed by atoms with Gasteiger partial charge in [0.2, 0.25) is 0 Å². The molecule has 1 fully saturated rings. The molecule has 0 aliphatic heterocycles. The van der Waals surface area contributed by atoms with Crippen LogP contribution >= 0.6 is 12.4 Å². The van der Waals surface area contributed by atoms with Gasteiger partial charge in [0.1, 0.15) is 11.3 Å². The van der Waals surface area contributed by atoms with Gasteiger partial charge in [-0.3, -0.25) is 9.98 Å². The summed E-state index contributed by atoms with van der Waals surface area (Å²) in [5.41, 5.74) is 3.74. The fourth-order valence-electron chi connectivity index (χ4n) is 2.66. The number of nitrogens with zero attached hydrogens (tertiary/aromatic N) is 5. The van der Waals surface area contributed by atoms with E-state index >= 15 is 0 Å². The van der Waals surface area contributed by atoms with Gasteiger partial charge in [-0.1, -0.05) is 0 Å². The molecule has 0 amide bonds. The molecule has 0 spiro atoms. The molecule has 3 heterocycles. The number of rotatable bonds is 4. The maximum absolute atomic E-state index is 4.81. The Kier molecular flexibility index (Phi) is 4.66. The lowest BCUT2D eigenvalue weighted by Crippen LogP contribution is -2.15. The minimum absolute atomic E-state index is 0. The highest BCUT2D eigenvalue weighted by atomic mass is 35.5. The molecule has 24 heavy (non-hydrogen) atoms. The molecule has 6 nitrogen and oxygen atoms in total. The van der Waals surface area contributed by atoms with Gasteiger partial charge in [-0.05, 0) is 44.4 Å². The predicted octanol–water partition coefficient (Wildman–Crippen LogP) is 3.14. The van der Waals surface area contributed by atoms with Gasteiger partial charge in [-0.15, -0.1) is 12.4 Å². The Hall–Kier alpha value is -2.21. The Bertz CT molecular complexity index is 892. The number of aromatic nitrogens is 5. The summed E-state index contributed by atoms with van der Waals surface area (Å²) in [5.74, 6) is 1.65. The number of halogens is 1. The van der Waals surface area contributed by atoms with E-state index in [0.29, 0.717) is 18.5 Å². The highest BCUT2D eigenvalue weighted by molar-refractivity contribution is 5.85. The average molecular weight is 345 g/mol. The number of imidazole rings is 1. The van der Waals surface area contributed by atoms with Crippen molar-refractivity contribution in [3.63, 3.8) is 0 Å². The fourth-order valence-corrected chi connectivity index (χ4v) is 2.66. The van der Waals surface area contributed by atoms with Gasteiger partial charge in [0.05, 0.1) is 12.9 Å². The zero-order chi connectivity index (χ0) is 15.8. The summed E-state index contributed by atoms with van der Waals surface area (Å²) >= 11 is 0. The van der Waals surface area contributed by atoms with E-state index < -0.39 is 0 Å². The molecule has 1 saturated carbocycles. The van der Waals surface area contributed by atoms with Crippen molar-refractivity contribution in [2.24, 2.45) is 4.99 Å². The van der Waals surface area contributed by atoms with E-state index in [2.05, 4.69) is 38.4 Å². The minimum Gasteiger partial charge on any atom is -0.337 e. The fraction of sp³-hybridized carbons (Fsp3) is 0.412. The predicted molar refractivity (Wildman–Crippen MR) is 95.0 cm³/mol. The van der Waals surface area contributed by atoms with Crippen molar-refractivity contribution in [1.29, 1.82) is 0 Å². The van der Waals surface area contributed by atoms with Gasteiger partial charge in [0, 0.05) is 24.4 Å². The van der Waals surface area contributed by atoms with Crippen molar-refractivity contribution in [1.82, 2.24) is 24.5 Å². The Morgan fingerprint density at radius 3 is 2.71 bits per heavy atom.